The van der Waals surface area contributed by atoms with Gasteiger partial charge in [-0.25, -0.2) is 17.6 Å². The van der Waals surface area contributed by atoms with E-state index in [1.807, 2.05) is 0 Å². The number of methoxy groups -OCH3 is 1. The van der Waals surface area contributed by atoms with Crippen LogP contribution in [0.4, 0.5) is 23.2 Å². The van der Waals surface area contributed by atoms with E-state index in [4.69, 9.17) is 4.74 Å². The standard InChI is InChI=1S/C27H31F4N3O3/c1-37-18-2-3-22-19(14-18)25(21(30)15-33-22)24(36)4-5-27(16-35)6-9-34(10-7-27)11-8-32-23-13-17(28)12-20(29)26(23)31/h2-3,12-15,24,32,35-36H,4-11,16H2,1H3. The molecule has 0 spiro atoms. The van der Waals surface area contributed by atoms with E-state index in [9.17, 15) is 27.8 Å². The van der Waals surface area contributed by atoms with E-state index in [0.29, 0.717) is 68.2 Å². The quantitative estimate of drug-likeness (QED) is 0.263. The minimum atomic E-state index is -1.24. The molecular formula is C27H31F4N3O3. The Morgan fingerprint density at radius 1 is 1.11 bits per heavy atom. The van der Waals surface area contributed by atoms with Gasteiger partial charge >= 0.3 is 0 Å². The highest BCUT2D eigenvalue weighted by molar-refractivity contribution is 5.84. The van der Waals surface area contributed by atoms with Gasteiger partial charge in [0.25, 0.3) is 0 Å². The fraction of sp³-hybridized carbons (Fsp3) is 0.444. The molecule has 0 saturated carbocycles. The second kappa shape index (κ2) is 11.6. The maximum atomic E-state index is 14.7. The summed E-state index contributed by atoms with van der Waals surface area (Å²) in [6, 6.07) is 6.51. The van der Waals surface area contributed by atoms with Gasteiger partial charge in [0.15, 0.2) is 11.6 Å². The number of nitrogens with one attached hydrogen (secondary N) is 1. The molecule has 1 aliphatic rings. The van der Waals surface area contributed by atoms with E-state index in [2.05, 4.69) is 15.2 Å². The first-order chi connectivity index (χ1) is 17.7. The molecule has 10 heteroatoms. The third kappa shape index (κ3) is 6.14. The van der Waals surface area contributed by atoms with Crippen molar-refractivity contribution in [2.24, 2.45) is 5.41 Å². The van der Waals surface area contributed by atoms with Gasteiger partial charge in [-0.3, -0.25) is 4.98 Å². The van der Waals surface area contributed by atoms with Crippen molar-refractivity contribution < 1.29 is 32.5 Å². The van der Waals surface area contributed by atoms with E-state index >= 15 is 0 Å². The number of likely N-dealkylation sites (tertiary alicyclic amines) is 1. The van der Waals surface area contributed by atoms with Crippen LogP contribution in [0.3, 0.4) is 0 Å². The lowest BCUT2D eigenvalue weighted by Gasteiger charge is -2.41. The highest BCUT2D eigenvalue weighted by Crippen LogP contribution is 2.39. The number of aliphatic hydroxyl groups excluding tert-OH is 2. The molecule has 2 aromatic carbocycles. The Labute approximate surface area is 212 Å². The fourth-order valence-corrected chi connectivity index (χ4v) is 4.99. The van der Waals surface area contributed by atoms with Crippen LogP contribution < -0.4 is 10.1 Å². The van der Waals surface area contributed by atoms with Crippen molar-refractivity contribution in [2.45, 2.75) is 31.8 Å². The first-order valence-electron chi connectivity index (χ1n) is 12.3. The summed E-state index contributed by atoms with van der Waals surface area (Å²) in [6.45, 7) is 2.07. The lowest BCUT2D eigenvalue weighted by Crippen LogP contribution is -2.43. The number of aromatic nitrogens is 1. The van der Waals surface area contributed by atoms with Crippen LogP contribution in [0.15, 0.2) is 36.5 Å². The minimum absolute atomic E-state index is 0.0625. The van der Waals surface area contributed by atoms with E-state index in [1.165, 1.54) is 7.11 Å². The lowest BCUT2D eigenvalue weighted by molar-refractivity contribution is 0.0244. The van der Waals surface area contributed by atoms with Crippen LogP contribution in [-0.2, 0) is 0 Å². The molecule has 0 amide bonds. The molecule has 3 aromatic rings. The second-order valence-electron chi connectivity index (χ2n) is 9.63. The molecule has 3 N–H and O–H groups in total. The summed E-state index contributed by atoms with van der Waals surface area (Å²) in [4.78, 5) is 6.21. The van der Waals surface area contributed by atoms with Crippen molar-refractivity contribution in [1.29, 1.82) is 0 Å². The number of hydrogen-bond donors (Lipinski definition) is 3. The van der Waals surface area contributed by atoms with Crippen LogP contribution in [0.5, 0.6) is 5.75 Å². The number of nitrogens with zero attached hydrogens (tertiary/aromatic N) is 2. The second-order valence-corrected chi connectivity index (χ2v) is 9.63. The Kier molecular flexibility index (Phi) is 8.51. The maximum Gasteiger partial charge on any atom is 0.182 e. The van der Waals surface area contributed by atoms with E-state index < -0.39 is 34.8 Å². The molecule has 200 valence electrons. The summed E-state index contributed by atoms with van der Waals surface area (Å²) < 4.78 is 60.5. The number of benzene rings is 2. The summed E-state index contributed by atoms with van der Waals surface area (Å²) in [6.07, 6.45) is 2.10. The van der Waals surface area contributed by atoms with E-state index in [1.54, 1.807) is 18.2 Å². The number of ether oxygens (including phenoxy) is 1. The average molecular weight is 522 g/mol. The molecule has 2 heterocycles. The van der Waals surface area contributed by atoms with Crippen LogP contribution in [0.25, 0.3) is 10.9 Å². The normalized spacial score (nSPS) is 16.6. The molecular weight excluding hydrogens is 490 g/mol. The number of aliphatic hydroxyl groups is 2. The first-order valence-corrected chi connectivity index (χ1v) is 12.3. The minimum Gasteiger partial charge on any atom is -0.497 e. The predicted molar refractivity (Wildman–Crippen MR) is 132 cm³/mol. The molecule has 4 rings (SSSR count). The lowest BCUT2D eigenvalue weighted by atomic mass is 9.74. The Hall–Kier alpha value is -2.95. The van der Waals surface area contributed by atoms with Crippen molar-refractivity contribution in [3.05, 3.63) is 65.4 Å². The zero-order chi connectivity index (χ0) is 26.6. The molecule has 0 aliphatic carbocycles. The SMILES string of the molecule is COc1ccc2ncc(F)c(C(O)CCC3(CO)CCN(CCNc4cc(F)cc(F)c4F)CC3)c2c1. The van der Waals surface area contributed by atoms with Crippen LogP contribution in [0.1, 0.15) is 37.4 Å². The smallest absolute Gasteiger partial charge is 0.182 e. The molecule has 1 fully saturated rings. The zero-order valence-electron chi connectivity index (χ0n) is 20.6. The van der Waals surface area contributed by atoms with Crippen molar-refractivity contribution >= 4 is 16.6 Å². The Balaban J connectivity index is 1.33. The van der Waals surface area contributed by atoms with Gasteiger partial charge in [-0.2, -0.15) is 0 Å². The highest BCUT2D eigenvalue weighted by Gasteiger charge is 2.34. The van der Waals surface area contributed by atoms with Crippen molar-refractivity contribution in [2.75, 3.05) is 45.2 Å². The van der Waals surface area contributed by atoms with Crippen LogP contribution in [0, 0.1) is 28.7 Å². The first kappa shape index (κ1) is 27.1. The van der Waals surface area contributed by atoms with Crippen molar-refractivity contribution in [3.8, 4) is 5.75 Å². The Bertz CT molecular complexity index is 1240. The van der Waals surface area contributed by atoms with Gasteiger partial charge in [-0.15, -0.1) is 0 Å². The number of rotatable bonds is 10. The fourth-order valence-electron chi connectivity index (χ4n) is 4.99. The monoisotopic (exact) mass is 521 g/mol. The summed E-state index contributed by atoms with van der Waals surface area (Å²) in [5, 5.41) is 24.4. The van der Waals surface area contributed by atoms with Crippen molar-refractivity contribution in [1.82, 2.24) is 9.88 Å². The van der Waals surface area contributed by atoms with Gasteiger partial charge in [0.1, 0.15) is 17.4 Å². The van der Waals surface area contributed by atoms with Crippen LogP contribution in [0.2, 0.25) is 0 Å². The van der Waals surface area contributed by atoms with E-state index in [-0.39, 0.29) is 24.3 Å². The molecule has 1 saturated heterocycles. The Morgan fingerprint density at radius 3 is 2.57 bits per heavy atom. The molecule has 6 nitrogen and oxygen atoms in total. The van der Waals surface area contributed by atoms with Crippen LogP contribution >= 0.6 is 0 Å². The van der Waals surface area contributed by atoms with Gasteiger partial charge in [-0.1, -0.05) is 0 Å². The zero-order valence-corrected chi connectivity index (χ0v) is 20.6. The molecule has 0 bridgehead atoms. The third-order valence-corrected chi connectivity index (χ3v) is 7.34. The van der Waals surface area contributed by atoms with Gasteiger partial charge in [0.05, 0.1) is 30.6 Å². The Morgan fingerprint density at radius 2 is 1.86 bits per heavy atom. The van der Waals surface area contributed by atoms with Gasteiger partial charge in [0, 0.05) is 42.8 Å². The van der Waals surface area contributed by atoms with Gasteiger partial charge < -0.3 is 25.2 Å². The average Bonchev–Trinajstić information content (AvgIpc) is 2.90. The molecule has 1 aliphatic heterocycles. The molecule has 1 aromatic heterocycles. The summed E-state index contributed by atoms with van der Waals surface area (Å²) >= 11 is 0. The molecule has 37 heavy (non-hydrogen) atoms. The summed E-state index contributed by atoms with van der Waals surface area (Å²) in [5.41, 5.74) is 0.0822. The number of halogens is 4. The number of anilines is 1. The van der Waals surface area contributed by atoms with E-state index in [0.717, 1.165) is 12.3 Å². The molecule has 0 radical (unpaired) electrons. The summed E-state index contributed by atoms with van der Waals surface area (Å²) in [7, 11) is 1.51. The third-order valence-electron chi connectivity index (χ3n) is 7.34. The maximum absolute atomic E-state index is 14.7. The largest absolute Gasteiger partial charge is 0.497 e. The summed E-state index contributed by atoms with van der Waals surface area (Å²) in [5.74, 6) is -3.27. The number of fused-ring (bicyclic) bond motifs is 1. The highest BCUT2D eigenvalue weighted by atomic mass is 19.2. The van der Waals surface area contributed by atoms with Gasteiger partial charge in [0.2, 0.25) is 0 Å². The number of piperidine rings is 1. The molecule has 1 unspecified atom stereocenters. The number of hydrogen-bond acceptors (Lipinski definition) is 6. The topological polar surface area (TPSA) is 77.8 Å². The predicted octanol–water partition coefficient (Wildman–Crippen LogP) is 4.80. The van der Waals surface area contributed by atoms with Crippen LogP contribution in [-0.4, -0.2) is 60.0 Å². The molecule has 1 atom stereocenters. The van der Waals surface area contributed by atoms with Crippen molar-refractivity contribution in [3.63, 3.8) is 0 Å². The van der Waals surface area contributed by atoms with Gasteiger partial charge in [-0.05, 0) is 62.4 Å². The number of pyridine rings is 1.